The molecule has 0 unspecified atom stereocenters. The van der Waals surface area contributed by atoms with Crippen LogP contribution in [-0.2, 0) is 5.54 Å². The number of rotatable bonds is 2. The minimum atomic E-state index is -0.0884. The van der Waals surface area contributed by atoms with Crippen LogP contribution in [0.5, 0.6) is 11.5 Å². The maximum atomic E-state index is 5.39. The molecular formula is C13H18N2O2S. The lowest BCUT2D eigenvalue weighted by Crippen LogP contribution is -2.21. The zero-order valence-electron chi connectivity index (χ0n) is 11.3. The third-order valence-electron chi connectivity index (χ3n) is 2.86. The standard InChI is InChI=1S/C13H18N2O2S/c1-13(2,3)15-9-7-11(17-5)10(16-4)6-8(9)14-12(15)18/h6-7H,1-5H3,(H,14,18). The quantitative estimate of drug-likeness (QED) is 0.846. The van der Waals surface area contributed by atoms with Crippen LogP contribution in [0.25, 0.3) is 11.0 Å². The van der Waals surface area contributed by atoms with Crippen molar-refractivity contribution in [2.75, 3.05) is 14.2 Å². The molecule has 0 fully saturated rings. The van der Waals surface area contributed by atoms with E-state index in [2.05, 4.69) is 30.3 Å². The van der Waals surface area contributed by atoms with Crippen LogP contribution in [-0.4, -0.2) is 23.8 Å². The molecule has 1 aromatic heterocycles. The van der Waals surface area contributed by atoms with Crippen molar-refractivity contribution in [3.63, 3.8) is 0 Å². The molecule has 2 rings (SSSR count). The Morgan fingerprint density at radius 3 is 2.17 bits per heavy atom. The number of aromatic amines is 1. The molecular weight excluding hydrogens is 248 g/mol. The van der Waals surface area contributed by atoms with Crippen LogP contribution < -0.4 is 9.47 Å². The number of imidazole rings is 1. The van der Waals surface area contributed by atoms with Crippen LogP contribution in [0, 0.1) is 4.77 Å². The summed E-state index contributed by atoms with van der Waals surface area (Å²) in [7, 11) is 3.26. The first-order valence-corrected chi connectivity index (χ1v) is 6.16. The third-order valence-corrected chi connectivity index (χ3v) is 3.14. The van der Waals surface area contributed by atoms with Crippen LogP contribution in [0.4, 0.5) is 0 Å². The predicted octanol–water partition coefficient (Wildman–Crippen LogP) is 3.47. The molecule has 0 bridgehead atoms. The lowest BCUT2D eigenvalue weighted by Gasteiger charge is -2.22. The number of methoxy groups -OCH3 is 2. The zero-order valence-corrected chi connectivity index (χ0v) is 12.1. The number of nitrogens with zero attached hydrogens (tertiary/aromatic N) is 1. The van der Waals surface area contributed by atoms with Gasteiger partial charge >= 0.3 is 0 Å². The van der Waals surface area contributed by atoms with E-state index in [0.29, 0.717) is 16.3 Å². The van der Waals surface area contributed by atoms with Crippen molar-refractivity contribution in [2.45, 2.75) is 26.3 Å². The lowest BCUT2D eigenvalue weighted by molar-refractivity contribution is 0.355. The molecule has 4 nitrogen and oxygen atoms in total. The van der Waals surface area contributed by atoms with Crippen LogP contribution in [0.1, 0.15) is 20.8 Å². The maximum Gasteiger partial charge on any atom is 0.178 e. The number of hydrogen-bond acceptors (Lipinski definition) is 3. The van der Waals surface area contributed by atoms with Gasteiger partial charge in [-0.15, -0.1) is 0 Å². The summed E-state index contributed by atoms with van der Waals surface area (Å²) in [4.78, 5) is 3.20. The SMILES string of the molecule is COc1cc2[nH]c(=S)n(C(C)(C)C)c2cc1OC. The number of aromatic nitrogens is 2. The summed E-state index contributed by atoms with van der Waals surface area (Å²) in [6.07, 6.45) is 0. The van der Waals surface area contributed by atoms with Crippen molar-refractivity contribution in [2.24, 2.45) is 0 Å². The molecule has 0 saturated carbocycles. The average Bonchev–Trinajstić information content (AvgIpc) is 2.61. The van der Waals surface area contributed by atoms with Gasteiger partial charge in [-0.2, -0.15) is 0 Å². The van der Waals surface area contributed by atoms with Crippen LogP contribution in [0.2, 0.25) is 0 Å². The van der Waals surface area contributed by atoms with Gasteiger partial charge in [0.15, 0.2) is 16.3 Å². The maximum absolute atomic E-state index is 5.39. The van der Waals surface area contributed by atoms with Crippen molar-refractivity contribution in [3.8, 4) is 11.5 Å². The number of nitrogens with one attached hydrogen (secondary N) is 1. The van der Waals surface area contributed by atoms with E-state index in [1.807, 2.05) is 12.1 Å². The third kappa shape index (κ3) is 1.99. The first kappa shape index (κ1) is 13.0. The van der Waals surface area contributed by atoms with Gasteiger partial charge in [0.1, 0.15) is 0 Å². The fraction of sp³-hybridized carbons (Fsp3) is 0.462. The van der Waals surface area contributed by atoms with E-state index in [0.717, 1.165) is 11.0 Å². The molecule has 0 aliphatic heterocycles. The van der Waals surface area contributed by atoms with E-state index in [1.165, 1.54) is 0 Å². The van der Waals surface area contributed by atoms with Gasteiger partial charge in [0.25, 0.3) is 0 Å². The van der Waals surface area contributed by atoms with Crippen LogP contribution in [0.15, 0.2) is 12.1 Å². The number of hydrogen-bond donors (Lipinski definition) is 1. The smallest absolute Gasteiger partial charge is 0.178 e. The topological polar surface area (TPSA) is 39.2 Å². The van der Waals surface area contributed by atoms with Gasteiger partial charge < -0.3 is 19.0 Å². The van der Waals surface area contributed by atoms with E-state index >= 15 is 0 Å². The van der Waals surface area contributed by atoms with Gasteiger partial charge in [-0.3, -0.25) is 0 Å². The number of ether oxygens (including phenoxy) is 2. The highest BCUT2D eigenvalue weighted by Gasteiger charge is 2.19. The molecule has 1 heterocycles. The summed E-state index contributed by atoms with van der Waals surface area (Å²) in [6.45, 7) is 6.35. The molecule has 0 aliphatic rings. The molecule has 0 radical (unpaired) electrons. The van der Waals surface area contributed by atoms with E-state index in [1.54, 1.807) is 14.2 Å². The Bertz CT molecular complexity index is 635. The van der Waals surface area contributed by atoms with Gasteiger partial charge in [-0.25, -0.2) is 0 Å². The Morgan fingerprint density at radius 2 is 1.67 bits per heavy atom. The Hall–Kier alpha value is -1.49. The second-order valence-corrected chi connectivity index (χ2v) is 5.55. The van der Waals surface area contributed by atoms with Gasteiger partial charge in [-0.1, -0.05) is 0 Å². The average molecular weight is 266 g/mol. The molecule has 0 amide bonds. The van der Waals surface area contributed by atoms with Crippen molar-refractivity contribution in [3.05, 3.63) is 16.9 Å². The van der Waals surface area contributed by atoms with Crippen molar-refractivity contribution in [1.29, 1.82) is 0 Å². The molecule has 98 valence electrons. The summed E-state index contributed by atoms with van der Waals surface area (Å²) in [5, 5.41) is 0. The Kier molecular flexibility index (Phi) is 3.11. The Balaban J connectivity index is 2.83. The molecule has 18 heavy (non-hydrogen) atoms. The molecule has 2 aromatic rings. The molecule has 0 saturated heterocycles. The highest BCUT2D eigenvalue weighted by Crippen LogP contribution is 2.33. The highest BCUT2D eigenvalue weighted by atomic mass is 32.1. The minimum Gasteiger partial charge on any atom is -0.493 e. The molecule has 1 N–H and O–H groups in total. The summed E-state index contributed by atoms with van der Waals surface area (Å²) in [6, 6.07) is 3.86. The second kappa shape index (κ2) is 4.31. The van der Waals surface area contributed by atoms with E-state index in [-0.39, 0.29) is 5.54 Å². The Labute approximate surface area is 112 Å². The van der Waals surface area contributed by atoms with Gasteiger partial charge in [0.05, 0.1) is 25.3 Å². The van der Waals surface area contributed by atoms with Crippen LogP contribution in [0.3, 0.4) is 0 Å². The fourth-order valence-corrected chi connectivity index (χ4v) is 2.58. The van der Waals surface area contributed by atoms with Crippen molar-refractivity contribution >= 4 is 23.3 Å². The number of fused-ring (bicyclic) bond motifs is 1. The van der Waals surface area contributed by atoms with E-state index in [9.17, 15) is 0 Å². The predicted molar refractivity (Wildman–Crippen MR) is 75.2 cm³/mol. The highest BCUT2D eigenvalue weighted by molar-refractivity contribution is 7.71. The second-order valence-electron chi connectivity index (χ2n) is 5.16. The van der Waals surface area contributed by atoms with E-state index < -0.39 is 0 Å². The largest absolute Gasteiger partial charge is 0.493 e. The molecule has 0 atom stereocenters. The summed E-state index contributed by atoms with van der Waals surface area (Å²) in [5.41, 5.74) is 1.88. The summed E-state index contributed by atoms with van der Waals surface area (Å²) in [5.74, 6) is 1.40. The first-order chi connectivity index (χ1) is 8.38. The normalized spacial score (nSPS) is 11.8. The zero-order chi connectivity index (χ0) is 13.5. The van der Waals surface area contributed by atoms with Gasteiger partial charge in [0.2, 0.25) is 0 Å². The monoisotopic (exact) mass is 266 g/mol. The lowest BCUT2D eigenvalue weighted by atomic mass is 10.1. The Morgan fingerprint density at radius 1 is 1.11 bits per heavy atom. The fourth-order valence-electron chi connectivity index (χ4n) is 2.10. The minimum absolute atomic E-state index is 0.0884. The molecule has 0 spiro atoms. The molecule has 0 aliphatic carbocycles. The molecule has 5 heteroatoms. The summed E-state index contributed by atoms with van der Waals surface area (Å²) >= 11 is 5.39. The van der Waals surface area contributed by atoms with Crippen LogP contribution >= 0.6 is 12.2 Å². The van der Waals surface area contributed by atoms with E-state index in [4.69, 9.17) is 21.7 Å². The summed E-state index contributed by atoms with van der Waals surface area (Å²) < 4.78 is 13.4. The molecule has 1 aromatic carbocycles. The number of benzene rings is 1. The van der Waals surface area contributed by atoms with Crippen molar-refractivity contribution in [1.82, 2.24) is 9.55 Å². The van der Waals surface area contributed by atoms with Crippen molar-refractivity contribution < 1.29 is 9.47 Å². The number of H-pyrrole nitrogens is 1. The van der Waals surface area contributed by atoms with Gasteiger partial charge in [-0.05, 0) is 33.0 Å². The first-order valence-electron chi connectivity index (χ1n) is 5.75. The van der Waals surface area contributed by atoms with Gasteiger partial charge in [0, 0.05) is 17.7 Å².